The maximum Gasteiger partial charge on any atom is 0.442 e. The molecule has 1 saturated carbocycles. The maximum atomic E-state index is 13.2. The van der Waals surface area contributed by atoms with Crippen molar-refractivity contribution in [1.82, 2.24) is 15.0 Å². The summed E-state index contributed by atoms with van der Waals surface area (Å²) in [5.41, 5.74) is 0.459. The van der Waals surface area contributed by atoms with Crippen molar-refractivity contribution in [2.75, 3.05) is 0 Å². The molecule has 31 heavy (non-hydrogen) atoms. The van der Waals surface area contributed by atoms with Crippen LogP contribution in [0.25, 0.3) is 11.4 Å². The van der Waals surface area contributed by atoms with Gasteiger partial charge in [0.1, 0.15) is 5.82 Å². The average molecular weight is 434 g/mol. The summed E-state index contributed by atoms with van der Waals surface area (Å²) in [7, 11) is 0. The number of amides is 1. The van der Waals surface area contributed by atoms with Crippen LogP contribution in [0, 0.1) is 17.7 Å². The highest BCUT2D eigenvalue weighted by atomic mass is 19.1. The van der Waals surface area contributed by atoms with Crippen LogP contribution in [0.3, 0.4) is 0 Å². The minimum atomic E-state index is -0.775. The van der Waals surface area contributed by atoms with Crippen molar-refractivity contribution in [2.45, 2.75) is 71.4 Å². The fourth-order valence-electron chi connectivity index (χ4n) is 4.12. The van der Waals surface area contributed by atoms with Crippen LogP contribution in [0.5, 0.6) is 0 Å². The molecule has 1 aromatic carbocycles. The Kier molecular flexibility index (Phi) is 7.76. The van der Waals surface area contributed by atoms with Gasteiger partial charge in [0.05, 0.1) is 12.6 Å². The Morgan fingerprint density at radius 2 is 1.94 bits per heavy atom. The molecule has 1 atom stereocenters. The van der Waals surface area contributed by atoms with E-state index in [-0.39, 0.29) is 31.4 Å². The lowest BCUT2D eigenvalue weighted by Gasteiger charge is -2.20. The molecule has 2 aromatic rings. The highest BCUT2D eigenvalue weighted by molar-refractivity contribution is 5.89. The van der Waals surface area contributed by atoms with Gasteiger partial charge in [0.25, 0.3) is 0 Å². The van der Waals surface area contributed by atoms with Crippen LogP contribution >= 0.6 is 0 Å². The smallest absolute Gasteiger partial charge is 0.346 e. The summed E-state index contributed by atoms with van der Waals surface area (Å²) < 4.78 is 19.1. The molecule has 1 heterocycles. The van der Waals surface area contributed by atoms with Crippen LogP contribution in [0.2, 0.25) is 0 Å². The molecule has 8 heteroatoms. The van der Waals surface area contributed by atoms with Crippen molar-refractivity contribution in [3.8, 4) is 11.4 Å². The molecule has 170 valence electrons. The first-order chi connectivity index (χ1) is 14.8. The number of aromatic nitrogens is 2. The van der Waals surface area contributed by atoms with Gasteiger partial charge >= 0.3 is 5.76 Å². The summed E-state index contributed by atoms with van der Waals surface area (Å²) in [6.45, 7) is 3.66. The van der Waals surface area contributed by atoms with Gasteiger partial charge in [-0.3, -0.25) is 14.1 Å². The summed E-state index contributed by atoms with van der Waals surface area (Å²) in [4.78, 5) is 37.7. The number of carbonyl (C=O) groups is 2. The second-order valence-electron chi connectivity index (χ2n) is 8.77. The second-order valence-corrected chi connectivity index (χ2v) is 8.77. The Labute approximate surface area is 182 Å². The van der Waals surface area contributed by atoms with Crippen molar-refractivity contribution in [3.05, 3.63) is 40.6 Å². The molecule has 0 bridgehead atoms. The number of ketones is 1. The standard InChI is InChI=1S/C23H30FN3O4.H2/c1-15(2)13-19(25-21(29)12-7-16-5-3-4-6-16)20(28)14-27-22(26-31-23(27)30)17-8-10-18(24)11-9-17;/h8-11,15-16,19H,3-7,12-14H2,1-2H3,(H,25,29);1H/t19-;/m0./s1. The molecule has 1 N–H and O–H groups in total. The number of hydrogen-bond donors (Lipinski definition) is 1. The third-order valence-corrected chi connectivity index (χ3v) is 5.79. The van der Waals surface area contributed by atoms with E-state index < -0.39 is 17.6 Å². The average Bonchev–Trinajstić information content (AvgIpc) is 3.37. The number of carbonyl (C=O) groups excluding carboxylic acids is 2. The zero-order valence-electron chi connectivity index (χ0n) is 18.1. The van der Waals surface area contributed by atoms with Crippen molar-refractivity contribution in [3.63, 3.8) is 0 Å². The first kappa shape index (κ1) is 22.9. The van der Waals surface area contributed by atoms with Crippen LogP contribution in [-0.2, 0) is 16.1 Å². The van der Waals surface area contributed by atoms with E-state index in [0.717, 1.165) is 11.0 Å². The van der Waals surface area contributed by atoms with E-state index in [9.17, 15) is 18.8 Å². The molecule has 0 unspecified atom stereocenters. The van der Waals surface area contributed by atoms with Gasteiger partial charge in [-0.1, -0.05) is 44.7 Å². The predicted molar refractivity (Wildman–Crippen MR) is 116 cm³/mol. The monoisotopic (exact) mass is 433 g/mol. The van der Waals surface area contributed by atoms with Crippen molar-refractivity contribution < 1.29 is 19.9 Å². The molecule has 1 aromatic heterocycles. The Hall–Kier alpha value is -2.77. The first-order valence-corrected chi connectivity index (χ1v) is 11.0. The molecule has 0 spiro atoms. The number of halogens is 1. The molecule has 3 rings (SSSR count). The van der Waals surface area contributed by atoms with Crippen molar-refractivity contribution >= 4 is 11.7 Å². The van der Waals surface area contributed by atoms with Gasteiger partial charge in [0.15, 0.2) is 11.6 Å². The molecular weight excluding hydrogens is 401 g/mol. The fourth-order valence-corrected chi connectivity index (χ4v) is 4.12. The largest absolute Gasteiger partial charge is 0.442 e. The molecule has 1 aliphatic rings. The Balaban J connectivity index is 0.00000363. The topological polar surface area (TPSA) is 94.2 Å². The molecule has 7 nitrogen and oxygen atoms in total. The summed E-state index contributed by atoms with van der Waals surface area (Å²) in [5.74, 6) is -0.704. The summed E-state index contributed by atoms with van der Waals surface area (Å²) in [6, 6.07) is 4.71. The molecule has 1 aliphatic carbocycles. The van der Waals surface area contributed by atoms with Gasteiger partial charge in [-0.15, -0.1) is 0 Å². The molecule has 0 saturated heterocycles. The van der Waals surface area contributed by atoms with E-state index in [1.54, 1.807) is 0 Å². The molecule has 0 radical (unpaired) electrons. The third-order valence-electron chi connectivity index (χ3n) is 5.79. The number of Topliss-reactive ketones (excluding diaryl/α,β-unsaturated/α-hetero) is 1. The minimum absolute atomic E-state index is 0. The van der Waals surface area contributed by atoms with Gasteiger partial charge < -0.3 is 5.32 Å². The summed E-state index contributed by atoms with van der Waals surface area (Å²) >= 11 is 0. The first-order valence-electron chi connectivity index (χ1n) is 11.0. The van der Waals surface area contributed by atoms with Gasteiger partial charge in [-0.2, -0.15) is 0 Å². The van der Waals surface area contributed by atoms with Gasteiger partial charge in [-0.25, -0.2) is 13.8 Å². The van der Waals surface area contributed by atoms with Crippen molar-refractivity contribution in [2.24, 2.45) is 11.8 Å². The van der Waals surface area contributed by atoms with Crippen LogP contribution in [0.15, 0.2) is 33.6 Å². The zero-order chi connectivity index (χ0) is 22.4. The minimum Gasteiger partial charge on any atom is -0.346 e. The Morgan fingerprint density at radius 3 is 2.58 bits per heavy atom. The fraction of sp³-hybridized carbons (Fsp3) is 0.565. The maximum absolute atomic E-state index is 13.2. The molecule has 1 fully saturated rings. The number of hydrogen-bond acceptors (Lipinski definition) is 5. The lowest BCUT2D eigenvalue weighted by molar-refractivity contribution is -0.128. The Morgan fingerprint density at radius 1 is 1.26 bits per heavy atom. The van der Waals surface area contributed by atoms with Gasteiger partial charge in [-0.05, 0) is 48.9 Å². The SMILES string of the molecule is CC(C)C[C@H](NC(=O)CCC1CCCC1)C(=O)Cn1c(-c2ccc(F)cc2)noc1=O.[HH]. The van der Waals surface area contributed by atoms with E-state index in [1.807, 2.05) is 13.8 Å². The number of benzene rings is 1. The summed E-state index contributed by atoms with van der Waals surface area (Å²) in [5, 5.41) is 6.60. The molecule has 1 amide bonds. The predicted octanol–water partition coefficient (Wildman–Crippen LogP) is 3.96. The van der Waals surface area contributed by atoms with E-state index in [1.165, 1.54) is 49.9 Å². The third kappa shape index (κ3) is 6.35. The Bertz CT molecular complexity index is 949. The number of nitrogens with zero attached hydrogens (tertiary/aromatic N) is 2. The number of rotatable bonds is 10. The molecule has 0 aliphatic heterocycles. The second kappa shape index (κ2) is 10.5. The quantitative estimate of drug-likeness (QED) is 0.612. The van der Waals surface area contributed by atoms with Crippen molar-refractivity contribution in [1.29, 1.82) is 0 Å². The van der Waals surface area contributed by atoms with E-state index in [2.05, 4.69) is 10.5 Å². The van der Waals surface area contributed by atoms with Gasteiger partial charge in [0.2, 0.25) is 5.91 Å². The van der Waals surface area contributed by atoms with Crippen LogP contribution in [-0.4, -0.2) is 27.5 Å². The van der Waals surface area contributed by atoms with Crippen LogP contribution in [0.1, 0.15) is 60.2 Å². The lowest BCUT2D eigenvalue weighted by Crippen LogP contribution is -2.44. The van der Waals surface area contributed by atoms with E-state index in [0.29, 0.717) is 24.3 Å². The summed E-state index contributed by atoms with van der Waals surface area (Å²) in [6.07, 6.45) is 6.51. The highest BCUT2D eigenvalue weighted by Crippen LogP contribution is 2.28. The van der Waals surface area contributed by atoms with E-state index in [4.69, 9.17) is 4.52 Å². The lowest BCUT2D eigenvalue weighted by atomic mass is 9.98. The number of nitrogens with one attached hydrogen (secondary N) is 1. The zero-order valence-corrected chi connectivity index (χ0v) is 18.1. The van der Waals surface area contributed by atoms with Crippen LogP contribution < -0.4 is 11.1 Å². The molecular formula is C23H32FN3O4. The highest BCUT2D eigenvalue weighted by Gasteiger charge is 2.25. The van der Waals surface area contributed by atoms with Crippen LogP contribution in [0.4, 0.5) is 4.39 Å². The normalized spacial score (nSPS) is 15.4. The van der Waals surface area contributed by atoms with Gasteiger partial charge in [0, 0.05) is 13.4 Å². The van der Waals surface area contributed by atoms with E-state index >= 15 is 0 Å².